The first-order valence-electron chi connectivity index (χ1n) is 11.5. The van der Waals surface area contributed by atoms with Crippen molar-refractivity contribution in [2.75, 3.05) is 19.8 Å². The predicted octanol–water partition coefficient (Wildman–Crippen LogP) is 4.74. The Kier molecular flexibility index (Phi) is 10.7. The monoisotopic (exact) mass is 585 g/mol. The number of ether oxygens (including phenoxy) is 3. The van der Waals surface area contributed by atoms with E-state index in [-0.39, 0.29) is 11.7 Å². The Morgan fingerprint density at radius 1 is 0.865 bits per heavy atom. The van der Waals surface area contributed by atoms with Crippen LogP contribution in [0.3, 0.4) is 0 Å². The van der Waals surface area contributed by atoms with Gasteiger partial charge >= 0.3 is 0 Å². The van der Waals surface area contributed by atoms with Gasteiger partial charge in [-0.25, -0.2) is 0 Å². The molecular weight excluding hydrogens is 558 g/mol. The van der Waals surface area contributed by atoms with E-state index >= 15 is 0 Å². The van der Waals surface area contributed by atoms with Crippen molar-refractivity contribution < 1.29 is 23.8 Å². The van der Waals surface area contributed by atoms with Crippen LogP contribution in [0.4, 0.5) is 0 Å². The Morgan fingerprint density at radius 2 is 1.51 bits per heavy atom. The smallest absolute Gasteiger partial charge is 0.276 e. The lowest BCUT2D eigenvalue weighted by atomic mass is 10.0. The van der Waals surface area contributed by atoms with Gasteiger partial charge in [0.1, 0.15) is 30.5 Å². The van der Waals surface area contributed by atoms with Gasteiger partial charge in [0.25, 0.3) is 11.8 Å². The summed E-state index contributed by atoms with van der Waals surface area (Å²) in [7, 11) is 0. The summed E-state index contributed by atoms with van der Waals surface area (Å²) in [6.45, 7) is 4.71. The van der Waals surface area contributed by atoms with E-state index in [1.54, 1.807) is 30.3 Å². The van der Waals surface area contributed by atoms with E-state index in [0.29, 0.717) is 36.2 Å². The van der Waals surface area contributed by atoms with Gasteiger partial charge in [0, 0.05) is 5.56 Å². The third-order valence-corrected chi connectivity index (χ3v) is 5.83. The number of hydrazine groups is 1. The number of halogens is 1. The molecule has 0 bridgehead atoms. The molecule has 3 aromatic rings. The molecule has 0 aliphatic rings. The number of nitrogens with one attached hydrogen (secondary N) is 3. The molecule has 37 heavy (non-hydrogen) atoms. The normalized spacial score (nSPS) is 10.4. The van der Waals surface area contributed by atoms with Gasteiger partial charge in [-0.3, -0.25) is 25.8 Å². The van der Waals surface area contributed by atoms with Gasteiger partial charge in [0.2, 0.25) is 0 Å². The fourth-order valence-corrected chi connectivity index (χ4v) is 3.70. The van der Waals surface area contributed by atoms with Crippen molar-refractivity contribution in [3.8, 4) is 17.2 Å². The molecular formula is C27H28BrN3O5S. The van der Waals surface area contributed by atoms with Crippen molar-refractivity contribution in [1.29, 1.82) is 0 Å². The first-order valence-corrected chi connectivity index (χ1v) is 12.7. The first kappa shape index (κ1) is 27.9. The van der Waals surface area contributed by atoms with Crippen molar-refractivity contribution in [3.05, 3.63) is 88.4 Å². The fourth-order valence-electron chi connectivity index (χ4n) is 3.04. The van der Waals surface area contributed by atoms with Crippen LogP contribution < -0.4 is 30.4 Å². The van der Waals surface area contributed by atoms with Crippen LogP contribution in [0.2, 0.25) is 0 Å². The summed E-state index contributed by atoms with van der Waals surface area (Å²) in [4.78, 5) is 24.5. The van der Waals surface area contributed by atoms with Crippen LogP contribution in [0.1, 0.15) is 35.7 Å². The molecule has 0 saturated carbocycles. The molecule has 0 aromatic heterocycles. The number of carbonyl (C=O) groups excluding carboxylic acids is 2. The SMILES string of the molecule is CC(C)c1ccc(OCC(=O)NNC(=S)NC(=O)c2ccc(OCCOc3ccccc3)cc2)c(Br)c1. The van der Waals surface area contributed by atoms with E-state index in [1.165, 1.54) is 0 Å². The van der Waals surface area contributed by atoms with Crippen LogP contribution in [0.5, 0.6) is 17.2 Å². The molecule has 0 atom stereocenters. The molecule has 0 spiro atoms. The van der Waals surface area contributed by atoms with Gasteiger partial charge in [0.05, 0.1) is 4.47 Å². The van der Waals surface area contributed by atoms with Crippen molar-refractivity contribution in [2.45, 2.75) is 19.8 Å². The molecule has 2 amide bonds. The second-order valence-corrected chi connectivity index (χ2v) is 9.39. The number of benzene rings is 3. The minimum atomic E-state index is -0.464. The van der Waals surface area contributed by atoms with Gasteiger partial charge in [-0.1, -0.05) is 38.1 Å². The first-order chi connectivity index (χ1) is 17.8. The summed E-state index contributed by atoms with van der Waals surface area (Å²) >= 11 is 8.53. The molecule has 10 heteroatoms. The van der Waals surface area contributed by atoms with Crippen LogP contribution in [-0.2, 0) is 4.79 Å². The Labute approximate surface area is 229 Å². The van der Waals surface area contributed by atoms with Gasteiger partial charge < -0.3 is 14.2 Å². The molecule has 0 saturated heterocycles. The third kappa shape index (κ3) is 9.40. The van der Waals surface area contributed by atoms with E-state index in [4.69, 9.17) is 26.4 Å². The second kappa shape index (κ2) is 14.2. The van der Waals surface area contributed by atoms with Gasteiger partial charge in [-0.15, -0.1) is 0 Å². The molecule has 0 unspecified atom stereocenters. The van der Waals surface area contributed by atoms with Crippen molar-refractivity contribution in [2.24, 2.45) is 0 Å². The number of hydrogen-bond acceptors (Lipinski definition) is 6. The highest BCUT2D eigenvalue weighted by atomic mass is 79.9. The molecule has 0 radical (unpaired) electrons. The van der Waals surface area contributed by atoms with Crippen molar-refractivity contribution in [3.63, 3.8) is 0 Å². The van der Waals surface area contributed by atoms with Crippen molar-refractivity contribution in [1.82, 2.24) is 16.2 Å². The van der Waals surface area contributed by atoms with Crippen molar-refractivity contribution >= 4 is 45.1 Å². The summed E-state index contributed by atoms with van der Waals surface area (Å²) in [6.07, 6.45) is 0. The lowest BCUT2D eigenvalue weighted by Gasteiger charge is -2.13. The standard InChI is InChI=1S/C27H28BrN3O5S/c1-18(2)20-10-13-24(23(28)16-20)36-17-25(32)30-31-27(37)29-26(33)19-8-11-22(12-9-19)35-15-14-34-21-6-4-3-5-7-21/h3-13,16,18H,14-15,17H2,1-2H3,(H,30,32)(H2,29,31,33,37). The largest absolute Gasteiger partial charge is 0.490 e. The maximum absolute atomic E-state index is 12.4. The van der Waals surface area contributed by atoms with E-state index in [9.17, 15) is 9.59 Å². The molecule has 0 aliphatic heterocycles. The lowest BCUT2D eigenvalue weighted by Crippen LogP contribution is -2.49. The molecule has 0 aliphatic carbocycles. The molecule has 3 N–H and O–H groups in total. The Bertz CT molecular complexity index is 1210. The maximum atomic E-state index is 12.4. The van der Waals surface area contributed by atoms with Gasteiger partial charge in [-0.2, -0.15) is 0 Å². The number of thiocarbonyl (C=S) groups is 1. The number of amides is 2. The van der Waals surface area contributed by atoms with Gasteiger partial charge in [-0.05, 0) is 88.2 Å². The maximum Gasteiger partial charge on any atom is 0.276 e. The summed E-state index contributed by atoms with van der Waals surface area (Å²) in [5.74, 6) is 1.41. The van der Waals surface area contributed by atoms with Gasteiger partial charge in [0.15, 0.2) is 11.7 Å². The van der Waals surface area contributed by atoms with Crippen LogP contribution in [0.15, 0.2) is 77.3 Å². The summed E-state index contributed by atoms with van der Waals surface area (Å²) < 4.78 is 17.5. The number of para-hydroxylation sites is 1. The highest BCUT2D eigenvalue weighted by molar-refractivity contribution is 9.10. The molecule has 8 nitrogen and oxygen atoms in total. The number of rotatable bonds is 10. The molecule has 3 aromatic carbocycles. The summed E-state index contributed by atoms with van der Waals surface area (Å²) in [6, 6.07) is 21.8. The minimum absolute atomic E-state index is 0.0563. The molecule has 3 rings (SSSR count). The zero-order valence-electron chi connectivity index (χ0n) is 20.5. The van der Waals surface area contributed by atoms with Crippen LogP contribution in [0, 0.1) is 0 Å². The molecule has 0 heterocycles. The Morgan fingerprint density at radius 3 is 2.14 bits per heavy atom. The zero-order valence-corrected chi connectivity index (χ0v) is 22.9. The van der Waals surface area contributed by atoms with E-state index < -0.39 is 11.8 Å². The minimum Gasteiger partial charge on any atom is -0.490 e. The highest BCUT2D eigenvalue weighted by Crippen LogP contribution is 2.28. The predicted molar refractivity (Wildman–Crippen MR) is 149 cm³/mol. The van der Waals surface area contributed by atoms with E-state index in [2.05, 4.69) is 45.9 Å². The van der Waals surface area contributed by atoms with E-state index in [0.717, 1.165) is 15.8 Å². The second-order valence-electron chi connectivity index (χ2n) is 8.12. The zero-order chi connectivity index (χ0) is 26.6. The number of carbonyl (C=O) groups is 2. The number of hydrogen-bond donors (Lipinski definition) is 3. The van der Waals surface area contributed by atoms with Crippen LogP contribution in [-0.4, -0.2) is 36.7 Å². The average molecular weight is 587 g/mol. The Hall–Kier alpha value is -3.63. The molecule has 0 fully saturated rings. The quantitative estimate of drug-likeness (QED) is 0.179. The summed E-state index contributed by atoms with van der Waals surface area (Å²) in [5.41, 5.74) is 6.41. The van der Waals surface area contributed by atoms with Crippen LogP contribution in [0.25, 0.3) is 0 Å². The average Bonchev–Trinajstić information content (AvgIpc) is 2.90. The topological polar surface area (TPSA) is 97.9 Å². The lowest BCUT2D eigenvalue weighted by molar-refractivity contribution is -0.123. The van der Waals surface area contributed by atoms with Crippen LogP contribution >= 0.6 is 28.1 Å². The highest BCUT2D eigenvalue weighted by Gasteiger charge is 2.11. The fraction of sp³-hybridized carbons (Fsp3) is 0.222. The summed E-state index contributed by atoms with van der Waals surface area (Å²) in [5, 5.41) is 2.44. The molecule has 194 valence electrons. The van der Waals surface area contributed by atoms with E-state index in [1.807, 2.05) is 42.5 Å². The third-order valence-electron chi connectivity index (χ3n) is 5.00. The Balaban J connectivity index is 1.35.